The van der Waals surface area contributed by atoms with Gasteiger partial charge in [0.2, 0.25) is 11.6 Å². The van der Waals surface area contributed by atoms with Crippen LogP contribution in [0.3, 0.4) is 0 Å². The number of oxazole rings is 1. The van der Waals surface area contributed by atoms with Crippen LogP contribution in [0, 0.1) is 5.41 Å². The molecule has 1 spiro atoms. The molecule has 3 aliphatic rings. The quantitative estimate of drug-likeness (QED) is 0.590. The first kappa shape index (κ1) is 18.7. The highest BCUT2D eigenvalue weighted by Gasteiger charge is 2.55. The summed E-state index contributed by atoms with van der Waals surface area (Å²) >= 11 is 4.84. The maximum Gasteiger partial charge on any atom is 0.311 e. The third-order valence-corrected chi connectivity index (χ3v) is 8.36. The predicted molar refractivity (Wildman–Crippen MR) is 110 cm³/mol. The molecule has 3 aromatic rings. The molecule has 1 unspecified atom stereocenters. The second-order valence-electron chi connectivity index (χ2n) is 8.83. The SMILES string of the molecule is O=C(NC1CC2(C1)CC(c1nc3cc(Cl)cnc3o1)C2)c1ccc([S+]([O-])C2CC2)o1. The van der Waals surface area contributed by atoms with E-state index in [-0.39, 0.29) is 28.4 Å². The Morgan fingerprint density at radius 3 is 2.80 bits per heavy atom. The van der Waals surface area contributed by atoms with Crippen molar-refractivity contribution in [3.05, 3.63) is 41.1 Å². The van der Waals surface area contributed by atoms with Crippen LogP contribution >= 0.6 is 11.6 Å². The molecular weight excluding hydrogens is 426 g/mol. The average Bonchev–Trinajstić information content (AvgIpc) is 3.24. The Labute approximate surface area is 180 Å². The van der Waals surface area contributed by atoms with Crippen LogP contribution in [0.1, 0.15) is 60.9 Å². The number of fused-ring (bicyclic) bond motifs is 1. The number of carbonyl (C=O) groups is 1. The summed E-state index contributed by atoms with van der Waals surface area (Å²) < 4.78 is 23.5. The summed E-state index contributed by atoms with van der Waals surface area (Å²) in [6.07, 6.45) is 7.39. The lowest BCUT2D eigenvalue weighted by atomic mass is 9.50. The standard InChI is InChI=1S/C21H20ClN3O4S/c22-12-5-15-20(23-10-12)29-19(25-15)11-6-21(7-11)8-13(9-21)24-18(26)16-3-4-17(28-16)30(27)14-1-2-14/h3-5,10-11,13-14H,1-2,6-9H2,(H,24,26). The fourth-order valence-corrected chi connectivity index (χ4v) is 6.24. The number of carbonyl (C=O) groups excluding carboxylic acids is 1. The number of hydrogen-bond donors (Lipinski definition) is 1. The molecule has 30 heavy (non-hydrogen) atoms. The fourth-order valence-electron chi connectivity index (χ4n) is 4.82. The highest BCUT2D eigenvalue weighted by atomic mass is 35.5. The number of hydrogen-bond acceptors (Lipinski definition) is 6. The minimum absolute atomic E-state index is 0.144. The van der Waals surface area contributed by atoms with Crippen molar-refractivity contribution < 1.29 is 18.2 Å². The van der Waals surface area contributed by atoms with E-state index in [1.54, 1.807) is 24.4 Å². The van der Waals surface area contributed by atoms with Gasteiger partial charge in [-0.15, -0.1) is 0 Å². The van der Waals surface area contributed by atoms with Crippen molar-refractivity contribution in [3.8, 4) is 0 Å². The number of nitrogens with zero attached hydrogens (tertiary/aromatic N) is 2. The number of rotatable bonds is 5. The molecule has 0 aliphatic heterocycles. The van der Waals surface area contributed by atoms with E-state index in [1.165, 1.54) is 0 Å². The van der Waals surface area contributed by atoms with Crippen LogP contribution in [-0.2, 0) is 11.2 Å². The van der Waals surface area contributed by atoms with Gasteiger partial charge in [0.05, 0.1) is 5.02 Å². The zero-order chi connectivity index (χ0) is 20.5. The van der Waals surface area contributed by atoms with Crippen molar-refractivity contribution in [1.29, 1.82) is 0 Å². The summed E-state index contributed by atoms with van der Waals surface area (Å²) in [6, 6.07) is 5.18. The number of furan rings is 1. The van der Waals surface area contributed by atoms with E-state index in [1.807, 2.05) is 0 Å². The molecule has 0 saturated heterocycles. The largest absolute Gasteiger partial charge is 0.609 e. The lowest BCUT2D eigenvalue weighted by Gasteiger charge is -2.57. The van der Waals surface area contributed by atoms with Gasteiger partial charge in [0.1, 0.15) is 10.8 Å². The van der Waals surface area contributed by atoms with Crippen molar-refractivity contribution in [2.75, 3.05) is 0 Å². The minimum atomic E-state index is -1.13. The van der Waals surface area contributed by atoms with Gasteiger partial charge < -0.3 is 18.7 Å². The van der Waals surface area contributed by atoms with Crippen LogP contribution in [0.25, 0.3) is 11.2 Å². The van der Waals surface area contributed by atoms with Gasteiger partial charge in [-0.05, 0) is 43.2 Å². The highest BCUT2D eigenvalue weighted by molar-refractivity contribution is 7.92. The third-order valence-electron chi connectivity index (χ3n) is 6.46. The maximum atomic E-state index is 12.5. The molecule has 1 atom stereocenters. The summed E-state index contributed by atoms with van der Waals surface area (Å²) in [5.41, 5.74) is 1.48. The Bertz CT molecular complexity index is 1130. The molecule has 9 heteroatoms. The molecule has 3 fully saturated rings. The van der Waals surface area contributed by atoms with Crippen LogP contribution in [-0.4, -0.2) is 31.7 Å². The van der Waals surface area contributed by atoms with Crippen molar-refractivity contribution in [2.45, 2.75) is 60.8 Å². The van der Waals surface area contributed by atoms with Crippen molar-refractivity contribution in [2.24, 2.45) is 5.41 Å². The Hall–Kier alpha value is -2.03. The van der Waals surface area contributed by atoms with Crippen molar-refractivity contribution >= 4 is 39.9 Å². The Kier molecular flexibility index (Phi) is 4.20. The molecule has 0 bridgehead atoms. The van der Waals surface area contributed by atoms with Crippen molar-refractivity contribution in [1.82, 2.24) is 15.3 Å². The summed E-state index contributed by atoms with van der Waals surface area (Å²) in [5.74, 6) is 1.03. The van der Waals surface area contributed by atoms with Gasteiger partial charge in [-0.1, -0.05) is 11.6 Å². The zero-order valence-corrected chi connectivity index (χ0v) is 17.7. The second kappa shape index (κ2) is 6.73. The molecule has 0 radical (unpaired) electrons. The normalized spacial score (nSPS) is 28.9. The summed E-state index contributed by atoms with van der Waals surface area (Å²) in [7, 11) is 0. The second-order valence-corrected chi connectivity index (χ2v) is 10.9. The van der Waals surface area contributed by atoms with Gasteiger partial charge in [0.15, 0.2) is 5.76 Å². The summed E-state index contributed by atoms with van der Waals surface area (Å²) in [4.78, 5) is 21.2. The molecule has 3 aromatic heterocycles. The Morgan fingerprint density at radius 2 is 2.03 bits per heavy atom. The number of pyridine rings is 1. The molecule has 1 amide bonds. The Morgan fingerprint density at radius 1 is 1.23 bits per heavy atom. The molecule has 3 saturated carbocycles. The van der Waals surface area contributed by atoms with Gasteiger partial charge >= 0.3 is 5.09 Å². The molecule has 1 N–H and O–H groups in total. The van der Waals surface area contributed by atoms with E-state index in [0.29, 0.717) is 27.3 Å². The van der Waals surface area contributed by atoms with Crippen LogP contribution in [0.5, 0.6) is 0 Å². The van der Waals surface area contributed by atoms with Crippen LogP contribution in [0.4, 0.5) is 0 Å². The predicted octanol–water partition coefficient (Wildman–Crippen LogP) is 4.20. The van der Waals surface area contributed by atoms with Gasteiger partial charge in [0, 0.05) is 48.2 Å². The fraction of sp³-hybridized carbons (Fsp3) is 0.476. The zero-order valence-electron chi connectivity index (χ0n) is 16.1. The summed E-state index contributed by atoms with van der Waals surface area (Å²) in [5, 5.41) is 4.19. The maximum absolute atomic E-state index is 12.5. The minimum Gasteiger partial charge on any atom is -0.609 e. The summed E-state index contributed by atoms with van der Waals surface area (Å²) in [6.45, 7) is 0. The van der Waals surface area contributed by atoms with E-state index in [0.717, 1.165) is 44.4 Å². The van der Waals surface area contributed by atoms with Gasteiger partial charge in [0.25, 0.3) is 5.91 Å². The first-order valence-electron chi connectivity index (χ1n) is 10.2. The van der Waals surface area contributed by atoms with Crippen LogP contribution in [0.15, 0.2) is 38.3 Å². The topological polar surface area (TPSA) is 104 Å². The molecular formula is C21H20ClN3O4S. The molecule has 3 heterocycles. The van der Waals surface area contributed by atoms with E-state index in [4.69, 9.17) is 20.4 Å². The number of nitrogens with one attached hydrogen (secondary N) is 1. The first-order chi connectivity index (χ1) is 14.5. The smallest absolute Gasteiger partial charge is 0.311 e. The van der Waals surface area contributed by atoms with Crippen molar-refractivity contribution in [3.63, 3.8) is 0 Å². The number of halogens is 1. The average molecular weight is 446 g/mol. The molecule has 0 aromatic carbocycles. The van der Waals surface area contributed by atoms with E-state index in [9.17, 15) is 9.35 Å². The molecule has 6 rings (SSSR count). The lowest BCUT2D eigenvalue weighted by Crippen LogP contribution is -2.55. The first-order valence-corrected chi connectivity index (χ1v) is 11.8. The highest BCUT2D eigenvalue weighted by Crippen LogP contribution is 2.61. The molecule has 156 valence electrons. The third kappa shape index (κ3) is 3.21. The van der Waals surface area contributed by atoms with E-state index >= 15 is 0 Å². The van der Waals surface area contributed by atoms with Gasteiger partial charge in [-0.2, -0.15) is 0 Å². The number of amides is 1. The number of aromatic nitrogens is 2. The van der Waals surface area contributed by atoms with Crippen LogP contribution < -0.4 is 5.32 Å². The Balaban J connectivity index is 1.03. The van der Waals surface area contributed by atoms with Gasteiger partial charge in [-0.25, -0.2) is 9.97 Å². The van der Waals surface area contributed by atoms with Gasteiger partial charge in [-0.3, -0.25) is 4.79 Å². The lowest BCUT2D eigenvalue weighted by molar-refractivity contribution is -0.0257. The van der Waals surface area contributed by atoms with E-state index < -0.39 is 11.2 Å². The molecule has 7 nitrogen and oxygen atoms in total. The molecule has 3 aliphatic carbocycles. The van der Waals surface area contributed by atoms with Crippen LogP contribution in [0.2, 0.25) is 5.02 Å². The van der Waals surface area contributed by atoms with E-state index in [2.05, 4.69) is 15.3 Å². The monoisotopic (exact) mass is 445 g/mol.